The summed E-state index contributed by atoms with van der Waals surface area (Å²) in [6.07, 6.45) is 5.57. The van der Waals surface area contributed by atoms with Crippen LogP contribution in [0.15, 0.2) is 18.2 Å². The van der Waals surface area contributed by atoms with Crippen LogP contribution in [0.3, 0.4) is 0 Å². The largest absolute Gasteiger partial charge is 0.370 e. The van der Waals surface area contributed by atoms with Crippen molar-refractivity contribution in [1.82, 2.24) is 10.3 Å². The number of rotatable bonds is 5. The molecule has 1 fully saturated rings. The maximum absolute atomic E-state index is 12.2. The van der Waals surface area contributed by atoms with Crippen LogP contribution in [0.2, 0.25) is 0 Å². The molecule has 2 rings (SSSR count). The van der Waals surface area contributed by atoms with Gasteiger partial charge in [0.05, 0.1) is 0 Å². The van der Waals surface area contributed by atoms with E-state index >= 15 is 0 Å². The first kappa shape index (κ1) is 14.2. The average Bonchev–Trinajstić information content (AvgIpc) is 2.86. The molecule has 19 heavy (non-hydrogen) atoms. The smallest absolute Gasteiger partial charge is 0.270 e. The first-order valence-corrected chi connectivity index (χ1v) is 8.08. The Labute approximate surface area is 118 Å². The standard InChI is InChI=1S/C14H21N3OS/c1-3-15-13-9-5-7-11(16-13)14(18)17-10-6-4-8-12(10)19-2/h5,7,9-10,12H,3-4,6,8H2,1-2H3,(H,15,16)(H,17,18). The van der Waals surface area contributed by atoms with Crippen molar-refractivity contribution in [3.63, 3.8) is 0 Å². The molecule has 1 aromatic rings. The summed E-state index contributed by atoms with van der Waals surface area (Å²) < 4.78 is 0. The Kier molecular flexibility index (Phi) is 5.07. The minimum absolute atomic E-state index is 0.0642. The lowest BCUT2D eigenvalue weighted by atomic mass is 10.2. The van der Waals surface area contributed by atoms with Gasteiger partial charge in [-0.15, -0.1) is 0 Å². The molecular formula is C14H21N3OS. The molecule has 1 aromatic heterocycles. The van der Waals surface area contributed by atoms with Gasteiger partial charge < -0.3 is 10.6 Å². The molecule has 1 saturated carbocycles. The number of hydrogen-bond donors (Lipinski definition) is 2. The minimum atomic E-state index is -0.0642. The quantitative estimate of drug-likeness (QED) is 0.869. The third-order valence-electron chi connectivity index (χ3n) is 3.41. The Balaban J connectivity index is 2.01. The van der Waals surface area contributed by atoms with E-state index in [-0.39, 0.29) is 11.9 Å². The molecule has 2 N–H and O–H groups in total. The summed E-state index contributed by atoms with van der Waals surface area (Å²) >= 11 is 1.84. The maximum atomic E-state index is 12.2. The van der Waals surface area contributed by atoms with Crippen molar-refractivity contribution in [3.8, 4) is 0 Å². The number of nitrogens with zero attached hydrogens (tertiary/aromatic N) is 1. The van der Waals surface area contributed by atoms with Crippen molar-refractivity contribution in [2.75, 3.05) is 18.1 Å². The van der Waals surface area contributed by atoms with Crippen LogP contribution in [0.25, 0.3) is 0 Å². The Hall–Kier alpha value is -1.23. The van der Waals surface area contributed by atoms with Crippen molar-refractivity contribution >= 4 is 23.5 Å². The molecule has 5 heteroatoms. The summed E-state index contributed by atoms with van der Waals surface area (Å²) in [4.78, 5) is 16.5. The molecule has 1 aliphatic carbocycles. The van der Waals surface area contributed by atoms with Gasteiger partial charge in [-0.05, 0) is 38.2 Å². The second kappa shape index (κ2) is 6.80. The van der Waals surface area contributed by atoms with Crippen LogP contribution in [0.1, 0.15) is 36.7 Å². The van der Waals surface area contributed by atoms with Gasteiger partial charge in [-0.1, -0.05) is 12.5 Å². The van der Waals surface area contributed by atoms with E-state index in [1.165, 1.54) is 12.8 Å². The van der Waals surface area contributed by atoms with Crippen molar-refractivity contribution in [2.24, 2.45) is 0 Å². The number of anilines is 1. The summed E-state index contributed by atoms with van der Waals surface area (Å²) in [5.74, 6) is 0.689. The van der Waals surface area contributed by atoms with E-state index in [9.17, 15) is 4.79 Å². The molecular weight excluding hydrogens is 258 g/mol. The molecule has 0 aliphatic heterocycles. The lowest BCUT2D eigenvalue weighted by Crippen LogP contribution is -2.39. The molecule has 0 radical (unpaired) electrons. The van der Waals surface area contributed by atoms with E-state index in [2.05, 4.69) is 21.9 Å². The Morgan fingerprint density at radius 1 is 1.47 bits per heavy atom. The molecule has 4 nitrogen and oxygen atoms in total. The number of thioether (sulfide) groups is 1. The van der Waals surface area contributed by atoms with E-state index in [1.807, 2.05) is 30.8 Å². The third kappa shape index (κ3) is 3.62. The van der Waals surface area contributed by atoms with Gasteiger partial charge in [-0.3, -0.25) is 4.79 Å². The van der Waals surface area contributed by atoms with Gasteiger partial charge in [-0.2, -0.15) is 11.8 Å². The van der Waals surface area contributed by atoms with Gasteiger partial charge in [0, 0.05) is 17.8 Å². The van der Waals surface area contributed by atoms with E-state index in [1.54, 1.807) is 6.07 Å². The minimum Gasteiger partial charge on any atom is -0.370 e. The van der Waals surface area contributed by atoms with E-state index in [0.29, 0.717) is 10.9 Å². The van der Waals surface area contributed by atoms with E-state index in [4.69, 9.17) is 0 Å². The lowest BCUT2D eigenvalue weighted by Gasteiger charge is -2.19. The van der Waals surface area contributed by atoms with Crippen molar-refractivity contribution in [3.05, 3.63) is 23.9 Å². The molecule has 0 bridgehead atoms. The van der Waals surface area contributed by atoms with Gasteiger partial charge in [-0.25, -0.2) is 4.98 Å². The number of carbonyl (C=O) groups excluding carboxylic acids is 1. The van der Waals surface area contributed by atoms with Crippen molar-refractivity contribution in [1.29, 1.82) is 0 Å². The first-order chi connectivity index (χ1) is 9.24. The summed E-state index contributed by atoms with van der Waals surface area (Å²) in [5.41, 5.74) is 0.491. The monoisotopic (exact) mass is 279 g/mol. The lowest BCUT2D eigenvalue weighted by molar-refractivity contribution is 0.0934. The van der Waals surface area contributed by atoms with Gasteiger partial charge >= 0.3 is 0 Å². The molecule has 1 heterocycles. The number of amides is 1. The SMILES string of the molecule is CCNc1cccc(C(=O)NC2CCCC2SC)n1. The highest BCUT2D eigenvalue weighted by Crippen LogP contribution is 2.28. The van der Waals surface area contributed by atoms with E-state index < -0.39 is 0 Å². The fourth-order valence-corrected chi connectivity index (χ4v) is 3.39. The Morgan fingerprint density at radius 3 is 3.05 bits per heavy atom. The van der Waals surface area contributed by atoms with Gasteiger partial charge in [0.1, 0.15) is 11.5 Å². The molecule has 2 unspecified atom stereocenters. The summed E-state index contributed by atoms with van der Waals surface area (Å²) in [6, 6.07) is 5.78. The van der Waals surface area contributed by atoms with Crippen LogP contribution in [0, 0.1) is 0 Å². The van der Waals surface area contributed by atoms with Gasteiger partial charge in [0.2, 0.25) is 0 Å². The highest BCUT2D eigenvalue weighted by atomic mass is 32.2. The van der Waals surface area contributed by atoms with E-state index in [0.717, 1.165) is 18.8 Å². The number of pyridine rings is 1. The van der Waals surface area contributed by atoms with Crippen LogP contribution >= 0.6 is 11.8 Å². The fourth-order valence-electron chi connectivity index (χ4n) is 2.46. The zero-order valence-electron chi connectivity index (χ0n) is 11.5. The highest BCUT2D eigenvalue weighted by Gasteiger charge is 2.28. The molecule has 104 valence electrons. The zero-order valence-corrected chi connectivity index (χ0v) is 12.3. The summed E-state index contributed by atoms with van der Waals surface area (Å²) in [6.45, 7) is 2.81. The van der Waals surface area contributed by atoms with Gasteiger partial charge in [0.25, 0.3) is 5.91 Å². The van der Waals surface area contributed by atoms with Crippen LogP contribution in [0.4, 0.5) is 5.82 Å². The highest BCUT2D eigenvalue weighted by molar-refractivity contribution is 7.99. The van der Waals surface area contributed by atoms with Crippen molar-refractivity contribution in [2.45, 2.75) is 37.5 Å². The predicted octanol–water partition coefficient (Wildman–Crippen LogP) is 2.53. The maximum Gasteiger partial charge on any atom is 0.270 e. The average molecular weight is 279 g/mol. The molecule has 2 atom stereocenters. The van der Waals surface area contributed by atoms with Crippen LogP contribution < -0.4 is 10.6 Å². The van der Waals surface area contributed by atoms with Gasteiger partial charge in [0.15, 0.2) is 0 Å². The molecule has 1 amide bonds. The fraction of sp³-hybridized carbons (Fsp3) is 0.571. The summed E-state index contributed by atoms with van der Waals surface area (Å²) in [7, 11) is 0. The van der Waals surface area contributed by atoms with Crippen LogP contribution in [0.5, 0.6) is 0 Å². The second-order valence-corrected chi connectivity index (χ2v) is 5.80. The molecule has 0 spiro atoms. The third-order valence-corrected chi connectivity index (χ3v) is 4.58. The van der Waals surface area contributed by atoms with Crippen LogP contribution in [-0.2, 0) is 0 Å². The number of nitrogens with one attached hydrogen (secondary N) is 2. The summed E-state index contributed by atoms with van der Waals surface area (Å²) in [5, 5.41) is 6.78. The van der Waals surface area contributed by atoms with Crippen molar-refractivity contribution < 1.29 is 4.79 Å². The zero-order chi connectivity index (χ0) is 13.7. The number of hydrogen-bond acceptors (Lipinski definition) is 4. The first-order valence-electron chi connectivity index (χ1n) is 6.79. The number of aromatic nitrogens is 1. The second-order valence-electron chi connectivity index (χ2n) is 4.72. The Morgan fingerprint density at radius 2 is 2.32 bits per heavy atom. The molecule has 0 aromatic carbocycles. The normalized spacial score (nSPS) is 22.2. The van der Waals surface area contributed by atoms with Crippen LogP contribution in [-0.4, -0.2) is 35.0 Å². The molecule has 1 aliphatic rings. The molecule has 0 saturated heterocycles. The topological polar surface area (TPSA) is 54.0 Å². The Bertz CT molecular complexity index is 438. The number of carbonyl (C=O) groups is 1. The predicted molar refractivity (Wildman–Crippen MR) is 80.8 cm³/mol.